The molecule has 5 rings (SSSR count). The molecular formula is C24H24N2. The SMILES string of the molecule is CN1CCC2(C=Cc3cc(-c4cnc5ccccc5c4)ccc3C2)CC1. The van der Waals surface area contributed by atoms with Crippen LogP contribution in [0.1, 0.15) is 24.0 Å². The van der Waals surface area contributed by atoms with E-state index in [0.717, 1.165) is 5.52 Å². The molecule has 0 unspecified atom stereocenters. The average molecular weight is 340 g/mol. The van der Waals surface area contributed by atoms with E-state index in [1.54, 1.807) is 0 Å². The maximum atomic E-state index is 4.62. The molecule has 130 valence electrons. The molecule has 0 bridgehead atoms. The third-order valence-electron chi connectivity index (χ3n) is 6.21. The van der Waals surface area contributed by atoms with Gasteiger partial charge in [-0.1, -0.05) is 42.5 Å². The standard InChI is InChI=1S/C24H24N2/c1-26-12-10-24(11-13-26)9-8-19-14-18(6-7-21(19)16-24)22-15-20-4-2-3-5-23(20)25-17-22/h2-9,14-15,17H,10-13,16H2,1H3. The Morgan fingerprint density at radius 1 is 0.962 bits per heavy atom. The molecule has 2 heteroatoms. The summed E-state index contributed by atoms with van der Waals surface area (Å²) in [6.07, 6.45) is 10.6. The summed E-state index contributed by atoms with van der Waals surface area (Å²) in [6, 6.07) is 17.5. The lowest BCUT2D eigenvalue weighted by molar-refractivity contribution is 0.164. The summed E-state index contributed by atoms with van der Waals surface area (Å²) < 4.78 is 0. The second kappa shape index (κ2) is 6.07. The van der Waals surface area contributed by atoms with Crippen molar-refractivity contribution in [1.29, 1.82) is 0 Å². The van der Waals surface area contributed by atoms with Gasteiger partial charge in [0.2, 0.25) is 0 Å². The lowest BCUT2D eigenvalue weighted by Crippen LogP contribution is -2.39. The summed E-state index contributed by atoms with van der Waals surface area (Å²) in [5.74, 6) is 0. The molecule has 2 aromatic carbocycles. The van der Waals surface area contributed by atoms with Crippen LogP contribution in [0.5, 0.6) is 0 Å². The normalized spacial score (nSPS) is 19.0. The first kappa shape index (κ1) is 15.8. The molecule has 0 N–H and O–H groups in total. The summed E-state index contributed by atoms with van der Waals surface area (Å²) in [5, 5.41) is 1.20. The van der Waals surface area contributed by atoms with Gasteiger partial charge in [-0.05, 0) is 79.7 Å². The van der Waals surface area contributed by atoms with Gasteiger partial charge >= 0.3 is 0 Å². The molecule has 1 spiro atoms. The second-order valence-electron chi connectivity index (χ2n) is 8.01. The Kier molecular flexibility index (Phi) is 3.68. The minimum Gasteiger partial charge on any atom is -0.306 e. The Morgan fingerprint density at radius 2 is 1.81 bits per heavy atom. The summed E-state index contributed by atoms with van der Waals surface area (Å²) in [6.45, 7) is 2.42. The van der Waals surface area contributed by atoms with E-state index in [2.05, 4.69) is 71.5 Å². The zero-order chi connectivity index (χ0) is 17.6. The topological polar surface area (TPSA) is 16.1 Å². The van der Waals surface area contributed by atoms with Crippen molar-refractivity contribution in [2.75, 3.05) is 20.1 Å². The maximum Gasteiger partial charge on any atom is 0.0702 e. The van der Waals surface area contributed by atoms with Gasteiger partial charge in [-0.25, -0.2) is 0 Å². The summed E-state index contributed by atoms with van der Waals surface area (Å²) in [7, 11) is 2.23. The third kappa shape index (κ3) is 2.75. The van der Waals surface area contributed by atoms with E-state index in [0.29, 0.717) is 5.41 Å². The summed E-state index contributed by atoms with van der Waals surface area (Å²) in [4.78, 5) is 7.07. The number of hydrogen-bond donors (Lipinski definition) is 0. The molecule has 3 aromatic rings. The van der Waals surface area contributed by atoms with E-state index in [1.165, 1.54) is 60.0 Å². The zero-order valence-corrected chi connectivity index (χ0v) is 15.3. The van der Waals surface area contributed by atoms with Crippen molar-refractivity contribution in [3.8, 4) is 11.1 Å². The number of allylic oxidation sites excluding steroid dienone is 1. The molecule has 0 atom stereocenters. The number of piperidine rings is 1. The number of fused-ring (bicyclic) bond motifs is 2. The largest absolute Gasteiger partial charge is 0.306 e. The van der Waals surface area contributed by atoms with Crippen molar-refractivity contribution in [3.05, 3.63) is 71.9 Å². The van der Waals surface area contributed by atoms with Crippen LogP contribution in [0.4, 0.5) is 0 Å². The first-order valence-corrected chi connectivity index (χ1v) is 9.57. The number of para-hydroxylation sites is 1. The quantitative estimate of drug-likeness (QED) is 0.606. The molecule has 1 aliphatic heterocycles. The molecule has 0 saturated carbocycles. The van der Waals surface area contributed by atoms with Crippen LogP contribution in [0, 0.1) is 5.41 Å². The predicted octanol–water partition coefficient (Wildman–Crippen LogP) is 5.18. The first-order valence-electron chi connectivity index (χ1n) is 9.57. The highest BCUT2D eigenvalue weighted by Gasteiger charge is 2.33. The Labute approximate surface area is 155 Å². The van der Waals surface area contributed by atoms with Crippen molar-refractivity contribution < 1.29 is 0 Å². The van der Waals surface area contributed by atoms with Gasteiger partial charge in [0, 0.05) is 17.1 Å². The molecule has 1 fully saturated rings. The van der Waals surface area contributed by atoms with E-state index in [4.69, 9.17) is 0 Å². The Hall–Kier alpha value is -2.45. The van der Waals surface area contributed by atoms with E-state index in [-0.39, 0.29) is 0 Å². The molecule has 2 heterocycles. The van der Waals surface area contributed by atoms with Crippen molar-refractivity contribution in [2.24, 2.45) is 5.41 Å². The van der Waals surface area contributed by atoms with Gasteiger partial charge in [0.25, 0.3) is 0 Å². The first-order chi connectivity index (χ1) is 12.7. The van der Waals surface area contributed by atoms with Crippen molar-refractivity contribution in [2.45, 2.75) is 19.3 Å². The average Bonchev–Trinajstić information content (AvgIpc) is 2.70. The molecule has 2 nitrogen and oxygen atoms in total. The number of rotatable bonds is 1. The molecule has 0 amide bonds. The van der Waals surface area contributed by atoms with Crippen molar-refractivity contribution in [3.63, 3.8) is 0 Å². The van der Waals surface area contributed by atoms with Gasteiger partial charge in [0.1, 0.15) is 0 Å². The van der Waals surface area contributed by atoms with Gasteiger partial charge in [-0.3, -0.25) is 4.98 Å². The molecule has 26 heavy (non-hydrogen) atoms. The van der Waals surface area contributed by atoms with Crippen LogP contribution in [0.15, 0.2) is 60.8 Å². The van der Waals surface area contributed by atoms with Gasteiger partial charge in [-0.15, -0.1) is 0 Å². The van der Waals surface area contributed by atoms with E-state index < -0.39 is 0 Å². The zero-order valence-electron chi connectivity index (χ0n) is 15.3. The van der Waals surface area contributed by atoms with Crippen molar-refractivity contribution >= 4 is 17.0 Å². The van der Waals surface area contributed by atoms with Gasteiger partial charge in [0.15, 0.2) is 0 Å². The monoisotopic (exact) mass is 340 g/mol. The minimum absolute atomic E-state index is 0.380. The number of aromatic nitrogens is 1. The molecule has 2 aliphatic rings. The summed E-state index contributed by atoms with van der Waals surface area (Å²) in [5.41, 5.74) is 6.75. The highest BCUT2D eigenvalue weighted by atomic mass is 15.1. The minimum atomic E-state index is 0.380. The number of pyridine rings is 1. The highest BCUT2D eigenvalue weighted by molar-refractivity contribution is 5.84. The van der Waals surface area contributed by atoms with Gasteiger partial charge in [-0.2, -0.15) is 0 Å². The molecule has 1 aliphatic carbocycles. The third-order valence-corrected chi connectivity index (χ3v) is 6.21. The lowest BCUT2D eigenvalue weighted by Gasteiger charge is -2.41. The molecule has 1 saturated heterocycles. The molecule has 0 radical (unpaired) electrons. The van der Waals surface area contributed by atoms with Crippen molar-refractivity contribution in [1.82, 2.24) is 9.88 Å². The predicted molar refractivity (Wildman–Crippen MR) is 109 cm³/mol. The fourth-order valence-corrected chi connectivity index (χ4v) is 4.43. The number of likely N-dealkylation sites (tertiary alicyclic amines) is 1. The second-order valence-corrected chi connectivity index (χ2v) is 8.01. The Morgan fingerprint density at radius 3 is 2.69 bits per heavy atom. The van der Waals surface area contributed by atoms with Crippen LogP contribution in [0.25, 0.3) is 28.1 Å². The number of nitrogens with zero attached hydrogens (tertiary/aromatic N) is 2. The highest BCUT2D eigenvalue weighted by Crippen LogP contribution is 2.41. The Bertz CT molecular complexity index is 994. The number of hydrogen-bond acceptors (Lipinski definition) is 2. The van der Waals surface area contributed by atoms with Crippen LogP contribution in [0.2, 0.25) is 0 Å². The van der Waals surface area contributed by atoms with Crippen LogP contribution < -0.4 is 0 Å². The van der Waals surface area contributed by atoms with E-state index in [1.807, 2.05) is 12.3 Å². The van der Waals surface area contributed by atoms with E-state index in [9.17, 15) is 0 Å². The fraction of sp³-hybridized carbons (Fsp3) is 0.292. The lowest BCUT2D eigenvalue weighted by atomic mass is 9.70. The molecular weight excluding hydrogens is 316 g/mol. The summed E-state index contributed by atoms with van der Waals surface area (Å²) >= 11 is 0. The smallest absolute Gasteiger partial charge is 0.0702 e. The number of benzene rings is 2. The van der Waals surface area contributed by atoms with Gasteiger partial charge < -0.3 is 4.90 Å². The fourth-order valence-electron chi connectivity index (χ4n) is 4.43. The maximum absolute atomic E-state index is 4.62. The van der Waals surface area contributed by atoms with E-state index >= 15 is 0 Å². The van der Waals surface area contributed by atoms with Crippen LogP contribution >= 0.6 is 0 Å². The van der Waals surface area contributed by atoms with Gasteiger partial charge in [0.05, 0.1) is 5.52 Å². The Balaban J connectivity index is 1.48. The molecule has 1 aromatic heterocycles. The van der Waals surface area contributed by atoms with Crippen LogP contribution in [-0.4, -0.2) is 30.0 Å². The van der Waals surface area contributed by atoms with Crippen LogP contribution in [-0.2, 0) is 6.42 Å². The van der Waals surface area contributed by atoms with Crippen LogP contribution in [0.3, 0.4) is 0 Å².